The number of nitrogens with two attached hydrogens (primary N) is 1. The lowest BCUT2D eigenvalue weighted by Gasteiger charge is -2.11. The fourth-order valence-electron chi connectivity index (χ4n) is 2.40. The van der Waals surface area contributed by atoms with Gasteiger partial charge in [0.25, 0.3) is 0 Å². The van der Waals surface area contributed by atoms with Crippen molar-refractivity contribution >= 4 is 35.0 Å². The Morgan fingerprint density at radius 1 is 1.29 bits per heavy atom. The highest BCUT2D eigenvalue weighted by Gasteiger charge is 2.32. The number of anilines is 1. The molecule has 1 aliphatic heterocycles. The van der Waals surface area contributed by atoms with Gasteiger partial charge in [0.1, 0.15) is 6.04 Å². The molecule has 0 saturated carbocycles. The van der Waals surface area contributed by atoms with Crippen LogP contribution in [0.4, 0.5) is 5.69 Å². The Kier molecular flexibility index (Phi) is 3.93. The Hall–Kier alpha value is -1.49. The number of nitrogens with zero attached hydrogens (tertiary/aromatic N) is 1. The average molecular weight is 319 g/mol. The molecule has 0 aliphatic carbocycles. The van der Waals surface area contributed by atoms with Crippen LogP contribution in [-0.4, -0.2) is 13.0 Å². The number of benzene rings is 2. The van der Waals surface area contributed by atoms with Crippen molar-refractivity contribution in [3.8, 4) is 0 Å². The SMILES string of the molecule is CN1C(=O)C(N)c2ccc(SCc3ccccc3Cl)cc21. The number of halogens is 1. The van der Waals surface area contributed by atoms with E-state index in [1.165, 1.54) is 0 Å². The van der Waals surface area contributed by atoms with E-state index in [9.17, 15) is 4.79 Å². The van der Waals surface area contributed by atoms with E-state index >= 15 is 0 Å². The third kappa shape index (κ3) is 2.67. The minimum atomic E-state index is -0.535. The number of fused-ring (bicyclic) bond motifs is 1. The van der Waals surface area contributed by atoms with Gasteiger partial charge in [-0.25, -0.2) is 0 Å². The van der Waals surface area contributed by atoms with Crippen LogP contribution in [0.15, 0.2) is 47.4 Å². The van der Waals surface area contributed by atoms with Crippen molar-refractivity contribution in [3.63, 3.8) is 0 Å². The van der Waals surface area contributed by atoms with Crippen LogP contribution in [0.3, 0.4) is 0 Å². The Bertz CT molecular complexity index is 704. The van der Waals surface area contributed by atoms with Crippen molar-refractivity contribution in [2.24, 2.45) is 5.73 Å². The summed E-state index contributed by atoms with van der Waals surface area (Å²) in [4.78, 5) is 14.6. The molecule has 2 aromatic rings. The summed E-state index contributed by atoms with van der Waals surface area (Å²) >= 11 is 7.86. The molecule has 1 heterocycles. The van der Waals surface area contributed by atoms with E-state index in [1.807, 2.05) is 42.5 Å². The maximum Gasteiger partial charge on any atom is 0.248 e. The van der Waals surface area contributed by atoms with Gasteiger partial charge in [-0.05, 0) is 23.8 Å². The van der Waals surface area contributed by atoms with Crippen molar-refractivity contribution in [3.05, 3.63) is 58.6 Å². The molecule has 1 amide bonds. The third-order valence-corrected chi connectivity index (χ3v) is 5.06. The average Bonchev–Trinajstić information content (AvgIpc) is 2.71. The largest absolute Gasteiger partial charge is 0.316 e. The fourth-order valence-corrected chi connectivity index (χ4v) is 3.62. The first-order valence-electron chi connectivity index (χ1n) is 6.61. The highest BCUT2D eigenvalue weighted by atomic mass is 35.5. The molecule has 0 saturated heterocycles. The van der Waals surface area contributed by atoms with E-state index in [0.717, 1.165) is 32.5 Å². The van der Waals surface area contributed by atoms with Gasteiger partial charge in [-0.15, -0.1) is 11.8 Å². The fraction of sp³-hybridized carbons (Fsp3) is 0.188. The van der Waals surface area contributed by atoms with Crippen LogP contribution in [0.2, 0.25) is 5.02 Å². The van der Waals surface area contributed by atoms with Crippen LogP contribution in [0, 0.1) is 0 Å². The van der Waals surface area contributed by atoms with Crippen LogP contribution >= 0.6 is 23.4 Å². The molecule has 108 valence electrons. The number of hydrogen-bond acceptors (Lipinski definition) is 3. The van der Waals surface area contributed by atoms with Gasteiger partial charge >= 0.3 is 0 Å². The molecule has 5 heteroatoms. The molecule has 1 atom stereocenters. The first-order chi connectivity index (χ1) is 10.1. The highest BCUT2D eigenvalue weighted by molar-refractivity contribution is 7.98. The lowest BCUT2D eigenvalue weighted by Crippen LogP contribution is -2.27. The van der Waals surface area contributed by atoms with E-state index in [0.29, 0.717) is 0 Å². The van der Waals surface area contributed by atoms with Crippen LogP contribution < -0.4 is 10.6 Å². The molecular formula is C16H15ClN2OS. The molecule has 21 heavy (non-hydrogen) atoms. The molecule has 3 nitrogen and oxygen atoms in total. The van der Waals surface area contributed by atoms with Crippen LogP contribution in [0.5, 0.6) is 0 Å². The molecule has 2 aromatic carbocycles. The van der Waals surface area contributed by atoms with E-state index in [-0.39, 0.29) is 5.91 Å². The van der Waals surface area contributed by atoms with E-state index in [4.69, 9.17) is 17.3 Å². The molecule has 1 aliphatic rings. The Balaban J connectivity index is 1.80. The van der Waals surface area contributed by atoms with Gasteiger partial charge in [-0.1, -0.05) is 35.9 Å². The number of thioether (sulfide) groups is 1. The third-order valence-electron chi connectivity index (χ3n) is 3.65. The number of hydrogen-bond donors (Lipinski definition) is 1. The molecule has 2 N–H and O–H groups in total. The zero-order valence-electron chi connectivity index (χ0n) is 11.5. The lowest BCUT2D eigenvalue weighted by atomic mass is 10.1. The van der Waals surface area contributed by atoms with Gasteiger partial charge in [0.15, 0.2) is 0 Å². The first-order valence-corrected chi connectivity index (χ1v) is 7.97. The minimum absolute atomic E-state index is 0.0572. The van der Waals surface area contributed by atoms with Crippen LogP contribution in [0.1, 0.15) is 17.2 Å². The Morgan fingerprint density at radius 2 is 2.05 bits per heavy atom. The number of carbonyl (C=O) groups is 1. The number of likely N-dealkylation sites (N-methyl/N-ethyl adjacent to an activating group) is 1. The van der Waals surface area contributed by atoms with E-state index in [2.05, 4.69) is 0 Å². The molecule has 0 aromatic heterocycles. The Labute approximate surface area is 133 Å². The van der Waals surface area contributed by atoms with E-state index < -0.39 is 6.04 Å². The normalized spacial score (nSPS) is 17.2. The monoisotopic (exact) mass is 318 g/mol. The molecule has 0 bridgehead atoms. The van der Waals surface area contributed by atoms with E-state index in [1.54, 1.807) is 23.7 Å². The summed E-state index contributed by atoms with van der Waals surface area (Å²) in [6, 6.07) is 13.3. The van der Waals surface area contributed by atoms with Gasteiger partial charge < -0.3 is 10.6 Å². The van der Waals surface area contributed by atoms with Crippen molar-refractivity contribution in [1.29, 1.82) is 0 Å². The van der Waals surface area contributed by atoms with Gasteiger partial charge in [0.05, 0.1) is 0 Å². The second kappa shape index (κ2) is 5.72. The van der Waals surface area contributed by atoms with Gasteiger partial charge in [0, 0.05) is 34.0 Å². The van der Waals surface area contributed by atoms with Crippen molar-refractivity contribution in [2.75, 3.05) is 11.9 Å². The Morgan fingerprint density at radius 3 is 2.81 bits per heavy atom. The summed E-state index contributed by atoms with van der Waals surface area (Å²) in [5.74, 6) is 0.737. The van der Waals surface area contributed by atoms with Crippen molar-refractivity contribution in [2.45, 2.75) is 16.7 Å². The molecule has 3 rings (SSSR count). The number of rotatable bonds is 3. The zero-order chi connectivity index (χ0) is 15.0. The topological polar surface area (TPSA) is 46.3 Å². The summed E-state index contributed by atoms with van der Waals surface area (Å²) in [5.41, 5.74) is 8.80. The summed E-state index contributed by atoms with van der Waals surface area (Å²) < 4.78 is 0. The predicted octanol–water partition coefficient (Wildman–Crippen LogP) is 3.61. The zero-order valence-corrected chi connectivity index (χ0v) is 13.1. The molecule has 0 spiro atoms. The van der Waals surface area contributed by atoms with Crippen LogP contribution in [-0.2, 0) is 10.5 Å². The quantitative estimate of drug-likeness (QED) is 0.879. The van der Waals surface area contributed by atoms with Gasteiger partial charge in [-0.2, -0.15) is 0 Å². The summed E-state index contributed by atoms with van der Waals surface area (Å²) in [5, 5.41) is 0.778. The smallest absolute Gasteiger partial charge is 0.248 e. The number of carbonyl (C=O) groups excluding carboxylic acids is 1. The highest BCUT2D eigenvalue weighted by Crippen LogP contribution is 2.37. The minimum Gasteiger partial charge on any atom is -0.316 e. The summed E-state index contributed by atoms with van der Waals surface area (Å²) in [6.07, 6.45) is 0. The van der Waals surface area contributed by atoms with Gasteiger partial charge in [0.2, 0.25) is 5.91 Å². The number of amides is 1. The standard InChI is InChI=1S/C16H15ClN2OS/c1-19-14-8-11(6-7-12(14)15(18)16(19)20)21-9-10-4-2-3-5-13(10)17/h2-8,15H,9,18H2,1H3. The first kappa shape index (κ1) is 14.4. The molecule has 0 radical (unpaired) electrons. The lowest BCUT2D eigenvalue weighted by molar-refractivity contribution is -0.118. The maximum absolute atomic E-state index is 11.9. The maximum atomic E-state index is 11.9. The second-order valence-electron chi connectivity index (χ2n) is 4.98. The molecule has 0 fully saturated rings. The molecular weight excluding hydrogens is 304 g/mol. The predicted molar refractivity (Wildman–Crippen MR) is 87.8 cm³/mol. The van der Waals surface area contributed by atoms with Gasteiger partial charge in [-0.3, -0.25) is 4.79 Å². The molecule has 1 unspecified atom stereocenters. The van der Waals surface area contributed by atoms with Crippen LogP contribution in [0.25, 0.3) is 0 Å². The summed E-state index contributed by atoms with van der Waals surface area (Å²) in [6.45, 7) is 0. The summed E-state index contributed by atoms with van der Waals surface area (Å²) in [7, 11) is 1.76. The van der Waals surface area contributed by atoms with Crippen molar-refractivity contribution in [1.82, 2.24) is 0 Å². The van der Waals surface area contributed by atoms with Crippen molar-refractivity contribution < 1.29 is 4.79 Å². The second-order valence-corrected chi connectivity index (χ2v) is 6.43.